The third-order valence-electron chi connectivity index (χ3n) is 1.29. The number of hydrogen-bond donors (Lipinski definition) is 1. The van der Waals surface area contributed by atoms with Gasteiger partial charge >= 0.3 is 0 Å². The largest absolute Gasteiger partial charge is 0.508 e. The molecule has 0 bridgehead atoms. The fraction of sp³-hybridized carbons (Fsp3) is 0.222. The van der Waals surface area contributed by atoms with E-state index >= 15 is 0 Å². The van der Waals surface area contributed by atoms with E-state index in [2.05, 4.69) is 4.85 Å². The Kier molecular flexibility index (Phi) is 2.97. The highest BCUT2D eigenvalue weighted by atomic mass is 16.5. The number of aromatic hydroxyl groups is 1. The molecule has 3 nitrogen and oxygen atoms in total. The molecule has 12 heavy (non-hydrogen) atoms. The zero-order valence-corrected chi connectivity index (χ0v) is 6.53. The zero-order chi connectivity index (χ0) is 8.81. The summed E-state index contributed by atoms with van der Waals surface area (Å²) in [6.07, 6.45) is 0. The van der Waals surface area contributed by atoms with Crippen LogP contribution < -0.4 is 4.74 Å². The van der Waals surface area contributed by atoms with E-state index in [1.165, 1.54) is 6.07 Å². The van der Waals surface area contributed by atoms with Crippen molar-refractivity contribution >= 4 is 0 Å². The molecule has 0 saturated heterocycles. The maximum Gasteiger partial charge on any atom is 0.248 e. The van der Waals surface area contributed by atoms with Gasteiger partial charge in [0.2, 0.25) is 6.54 Å². The Labute approximate surface area is 71.0 Å². The lowest BCUT2D eigenvalue weighted by atomic mass is 10.3. The van der Waals surface area contributed by atoms with Crippen LogP contribution in [0.5, 0.6) is 11.5 Å². The Balaban J connectivity index is 2.48. The SMILES string of the molecule is [C-]#[N+]CCOc1cccc(O)c1. The number of hydrogen-bond acceptors (Lipinski definition) is 2. The van der Waals surface area contributed by atoms with Gasteiger partial charge in [0, 0.05) is 6.07 Å². The Hall–Kier alpha value is -1.69. The van der Waals surface area contributed by atoms with Gasteiger partial charge in [-0.2, -0.15) is 0 Å². The van der Waals surface area contributed by atoms with Crippen LogP contribution in [-0.4, -0.2) is 18.3 Å². The van der Waals surface area contributed by atoms with Crippen molar-refractivity contribution in [3.8, 4) is 11.5 Å². The quantitative estimate of drug-likeness (QED) is 0.543. The van der Waals surface area contributed by atoms with Crippen molar-refractivity contribution in [3.63, 3.8) is 0 Å². The first kappa shape index (κ1) is 8.41. The average molecular weight is 163 g/mol. The van der Waals surface area contributed by atoms with Gasteiger partial charge in [-0.3, -0.25) is 0 Å². The van der Waals surface area contributed by atoms with Crippen LogP contribution in [0.2, 0.25) is 0 Å². The normalized spacial score (nSPS) is 8.92. The van der Waals surface area contributed by atoms with Gasteiger partial charge in [-0.25, -0.2) is 6.57 Å². The molecule has 1 rings (SSSR count). The molecule has 0 atom stereocenters. The van der Waals surface area contributed by atoms with Crippen LogP contribution in [0, 0.1) is 6.57 Å². The minimum Gasteiger partial charge on any atom is -0.508 e. The zero-order valence-electron chi connectivity index (χ0n) is 6.53. The fourth-order valence-corrected chi connectivity index (χ4v) is 0.782. The summed E-state index contributed by atoms with van der Waals surface area (Å²) in [4.78, 5) is 3.14. The topological polar surface area (TPSA) is 33.8 Å². The van der Waals surface area contributed by atoms with Crippen LogP contribution in [0.25, 0.3) is 4.85 Å². The second kappa shape index (κ2) is 4.24. The molecule has 0 saturated carbocycles. The predicted octanol–water partition coefficient (Wildman–Crippen LogP) is 1.69. The summed E-state index contributed by atoms with van der Waals surface area (Å²) in [5, 5.41) is 9.03. The molecule has 0 fully saturated rings. The molecular formula is C9H9NO2. The summed E-state index contributed by atoms with van der Waals surface area (Å²) in [6, 6.07) is 6.53. The van der Waals surface area contributed by atoms with Gasteiger partial charge < -0.3 is 14.7 Å². The van der Waals surface area contributed by atoms with Crippen molar-refractivity contribution in [2.75, 3.05) is 13.2 Å². The molecule has 0 amide bonds. The van der Waals surface area contributed by atoms with Gasteiger partial charge in [0.25, 0.3) is 0 Å². The number of phenols is 1. The molecular weight excluding hydrogens is 154 g/mol. The van der Waals surface area contributed by atoms with Crippen molar-refractivity contribution in [3.05, 3.63) is 35.7 Å². The predicted molar refractivity (Wildman–Crippen MR) is 45.1 cm³/mol. The molecule has 0 aromatic heterocycles. The number of nitrogens with zero attached hydrogens (tertiary/aromatic N) is 1. The van der Waals surface area contributed by atoms with Crippen molar-refractivity contribution in [2.45, 2.75) is 0 Å². The minimum absolute atomic E-state index is 0.176. The molecule has 0 spiro atoms. The van der Waals surface area contributed by atoms with Crippen LogP contribution in [0.4, 0.5) is 0 Å². The lowest BCUT2D eigenvalue weighted by molar-refractivity contribution is 0.334. The standard InChI is InChI=1S/C9H9NO2/c1-10-5-6-12-9-4-2-3-8(11)7-9/h2-4,7,11H,5-6H2. The van der Waals surface area contributed by atoms with Gasteiger partial charge in [0.1, 0.15) is 11.5 Å². The molecule has 0 aliphatic heterocycles. The maximum absolute atomic E-state index is 9.03. The third kappa shape index (κ3) is 2.51. The van der Waals surface area contributed by atoms with Crippen LogP contribution in [-0.2, 0) is 0 Å². The summed E-state index contributed by atoms with van der Waals surface area (Å²) in [5.41, 5.74) is 0. The molecule has 0 radical (unpaired) electrons. The van der Waals surface area contributed by atoms with E-state index in [0.29, 0.717) is 18.9 Å². The first-order valence-corrected chi connectivity index (χ1v) is 3.58. The highest BCUT2D eigenvalue weighted by Gasteiger charge is 1.94. The maximum atomic E-state index is 9.03. The van der Waals surface area contributed by atoms with E-state index in [9.17, 15) is 0 Å². The summed E-state index contributed by atoms with van der Waals surface area (Å²) in [5.74, 6) is 0.772. The second-order valence-corrected chi connectivity index (χ2v) is 2.23. The number of ether oxygens (including phenoxy) is 1. The molecule has 62 valence electrons. The highest BCUT2D eigenvalue weighted by molar-refractivity contribution is 5.31. The molecule has 1 aromatic rings. The van der Waals surface area contributed by atoms with E-state index < -0.39 is 0 Å². The monoisotopic (exact) mass is 163 g/mol. The number of rotatable bonds is 3. The van der Waals surface area contributed by atoms with Gasteiger partial charge in [-0.1, -0.05) is 6.07 Å². The molecule has 1 aromatic carbocycles. The van der Waals surface area contributed by atoms with Crippen LogP contribution in [0.1, 0.15) is 0 Å². The summed E-state index contributed by atoms with van der Waals surface area (Å²) in [7, 11) is 0. The third-order valence-corrected chi connectivity index (χ3v) is 1.29. The van der Waals surface area contributed by atoms with Crippen LogP contribution in [0.3, 0.4) is 0 Å². The molecule has 0 heterocycles. The Morgan fingerprint density at radius 3 is 3.00 bits per heavy atom. The minimum atomic E-state index is 0.176. The van der Waals surface area contributed by atoms with E-state index in [4.69, 9.17) is 16.4 Å². The summed E-state index contributed by atoms with van der Waals surface area (Å²) in [6.45, 7) is 7.22. The van der Waals surface area contributed by atoms with Crippen LogP contribution in [0.15, 0.2) is 24.3 Å². The van der Waals surface area contributed by atoms with Gasteiger partial charge in [-0.15, -0.1) is 0 Å². The van der Waals surface area contributed by atoms with E-state index in [-0.39, 0.29) is 5.75 Å². The lowest BCUT2D eigenvalue weighted by Crippen LogP contribution is -1.98. The van der Waals surface area contributed by atoms with Crippen molar-refractivity contribution < 1.29 is 9.84 Å². The summed E-state index contributed by atoms with van der Waals surface area (Å²) >= 11 is 0. The highest BCUT2D eigenvalue weighted by Crippen LogP contribution is 2.17. The lowest BCUT2D eigenvalue weighted by Gasteiger charge is -2.01. The van der Waals surface area contributed by atoms with Gasteiger partial charge in [0.05, 0.1) is 0 Å². The Morgan fingerprint density at radius 1 is 1.50 bits per heavy atom. The molecule has 3 heteroatoms. The molecule has 1 N–H and O–H groups in total. The first-order chi connectivity index (χ1) is 5.83. The Morgan fingerprint density at radius 2 is 2.33 bits per heavy atom. The smallest absolute Gasteiger partial charge is 0.248 e. The number of benzene rings is 1. The van der Waals surface area contributed by atoms with E-state index in [1.807, 2.05) is 0 Å². The number of phenolic OH excluding ortho intramolecular Hbond substituents is 1. The fourth-order valence-electron chi connectivity index (χ4n) is 0.782. The summed E-state index contributed by atoms with van der Waals surface area (Å²) < 4.78 is 5.15. The van der Waals surface area contributed by atoms with Gasteiger partial charge in [-0.05, 0) is 12.1 Å². The van der Waals surface area contributed by atoms with Gasteiger partial charge in [0.15, 0.2) is 6.61 Å². The van der Waals surface area contributed by atoms with Crippen molar-refractivity contribution in [1.29, 1.82) is 0 Å². The molecule has 0 aliphatic carbocycles. The van der Waals surface area contributed by atoms with E-state index in [0.717, 1.165) is 0 Å². The van der Waals surface area contributed by atoms with Crippen molar-refractivity contribution in [1.82, 2.24) is 0 Å². The molecule has 0 unspecified atom stereocenters. The molecule has 0 aliphatic rings. The van der Waals surface area contributed by atoms with Crippen molar-refractivity contribution in [2.24, 2.45) is 0 Å². The Bertz CT molecular complexity index is 291. The van der Waals surface area contributed by atoms with E-state index in [1.54, 1.807) is 18.2 Å². The van der Waals surface area contributed by atoms with Crippen LogP contribution >= 0.6 is 0 Å². The second-order valence-electron chi connectivity index (χ2n) is 2.23. The first-order valence-electron chi connectivity index (χ1n) is 3.58. The average Bonchev–Trinajstić information content (AvgIpc) is 2.05.